The Hall–Kier alpha value is -3.79. The molecule has 2 N–H and O–H groups in total. The van der Waals surface area contributed by atoms with Crippen LogP contribution in [-0.4, -0.2) is 39.4 Å². The number of alkyl halides is 6. The third-order valence-electron chi connectivity index (χ3n) is 4.93. The molecule has 4 rings (SSSR count). The van der Waals surface area contributed by atoms with Gasteiger partial charge in [-0.05, 0) is 29.8 Å². The number of hydrogen-bond acceptors (Lipinski definition) is 6. The van der Waals surface area contributed by atoms with Crippen molar-refractivity contribution in [3.8, 4) is 11.7 Å². The molecule has 0 spiro atoms. The Morgan fingerprint density at radius 2 is 1.81 bits per heavy atom. The van der Waals surface area contributed by atoms with Gasteiger partial charge in [0.15, 0.2) is 15.6 Å². The SMILES string of the molecule is O=C(O)Oc1cnn(-c2nc3cc(Cl)c(S(=O)(=O)Cc4ccc(C(F)(F)F)cc4C(F)(F)F)cc3[nH]2)c1. The number of ether oxygens (including phenoxy) is 1. The van der Waals surface area contributed by atoms with E-state index in [2.05, 4.69) is 19.8 Å². The summed E-state index contributed by atoms with van der Waals surface area (Å²) in [5.41, 5.74) is -4.03. The van der Waals surface area contributed by atoms with Crippen LogP contribution in [0.3, 0.4) is 0 Å². The minimum Gasteiger partial charge on any atom is -0.449 e. The number of sulfone groups is 1. The number of carbonyl (C=O) groups is 1. The highest BCUT2D eigenvalue weighted by atomic mass is 35.5. The number of imidazole rings is 1. The molecule has 0 aliphatic carbocycles. The van der Waals surface area contributed by atoms with Gasteiger partial charge in [-0.3, -0.25) is 0 Å². The van der Waals surface area contributed by atoms with Gasteiger partial charge in [0.25, 0.3) is 0 Å². The number of aromatic amines is 1. The van der Waals surface area contributed by atoms with Crippen molar-refractivity contribution in [2.75, 3.05) is 0 Å². The van der Waals surface area contributed by atoms with Crippen molar-refractivity contribution in [1.82, 2.24) is 19.7 Å². The average Bonchev–Trinajstić information content (AvgIpc) is 3.37. The summed E-state index contributed by atoms with van der Waals surface area (Å²) < 4.78 is 111. The fraction of sp³-hybridized carbons (Fsp3) is 0.150. The van der Waals surface area contributed by atoms with Crippen molar-refractivity contribution in [2.24, 2.45) is 0 Å². The Morgan fingerprint density at radius 3 is 2.43 bits per heavy atom. The lowest BCUT2D eigenvalue weighted by molar-refractivity contribution is -0.143. The van der Waals surface area contributed by atoms with Gasteiger partial charge in [0.05, 0.1) is 50.2 Å². The summed E-state index contributed by atoms with van der Waals surface area (Å²) in [6.07, 6.45) is -9.71. The van der Waals surface area contributed by atoms with Crippen molar-refractivity contribution in [1.29, 1.82) is 0 Å². The van der Waals surface area contributed by atoms with Crippen LogP contribution in [0.15, 0.2) is 47.6 Å². The fourth-order valence-electron chi connectivity index (χ4n) is 3.35. The van der Waals surface area contributed by atoms with Crippen molar-refractivity contribution in [2.45, 2.75) is 23.0 Å². The second-order valence-corrected chi connectivity index (χ2v) is 9.84. The van der Waals surface area contributed by atoms with Crippen LogP contribution in [0.2, 0.25) is 5.02 Å². The van der Waals surface area contributed by atoms with Crippen LogP contribution in [0.25, 0.3) is 17.0 Å². The molecule has 0 saturated carbocycles. The summed E-state index contributed by atoms with van der Waals surface area (Å²) >= 11 is 6.07. The third kappa shape index (κ3) is 5.48. The average molecular weight is 569 g/mol. The van der Waals surface area contributed by atoms with Gasteiger partial charge in [-0.2, -0.15) is 31.4 Å². The Bertz CT molecular complexity index is 1630. The molecule has 0 aliphatic rings. The number of benzene rings is 2. The number of halogens is 7. The van der Waals surface area contributed by atoms with Gasteiger partial charge in [0, 0.05) is 0 Å². The molecule has 9 nitrogen and oxygen atoms in total. The molecule has 17 heteroatoms. The van der Waals surface area contributed by atoms with E-state index in [0.29, 0.717) is 12.1 Å². The van der Waals surface area contributed by atoms with Crippen LogP contribution >= 0.6 is 11.6 Å². The van der Waals surface area contributed by atoms with Crippen molar-refractivity contribution in [3.05, 3.63) is 64.4 Å². The molecular weight excluding hydrogens is 558 g/mol. The van der Waals surface area contributed by atoms with E-state index in [1.807, 2.05) is 0 Å². The maximum absolute atomic E-state index is 13.5. The molecule has 2 heterocycles. The first-order chi connectivity index (χ1) is 17.0. The van der Waals surface area contributed by atoms with Gasteiger partial charge in [0.2, 0.25) is 5.95 Å². The quantitative estimate of drug-likeness (QED) is 0.241. The van der Waals surface area contributed by atoms with Gasteiger partial charge in [-0.15, -0.1) is 0 Å². The zero-order valence-electron chi connectivity index (χ0n) is 17.7. The molecule has 4 aromatic rings. The minimum atomic E-state index is -5.26. The maximum atomic E-state index is 13.5. The molecule has 0 atom stereocenters. The van der Waals surface area contributed by atoms with Crippen LogP contribution in [0.1, 0.15) is 16.7 Å². The summed E-state index contributed by atoms with van der Waals surface area (Å²) in [4.78, 5) is 16.9. The first-order valence-electron chi connectivity index (χ1n) is 9.70. The van der Waals surface area contributed by atoms with E-state index in [-0.39, 0.29) is 28.8 Å². The van der Waals surface area contributed by atoms with Crippen molar-refractivity contribution in [3.63, 3.8) is 0 Å². The number of carboxylic acid groups (broad SMARTS) is 1. The zero-order chi connectivity index (χ0) is 27.3. The summed E-state index contributed by atoms with van der Waals surface area (Å²) in [6, 6.07) is 2.78. The van der Waals surface area contributed by atoms with Gasteiger partial charge < -0.3 is 14.8 Å². The molecule has 0 amide bonds. The number of nitrogens with one attached hydrogen (secondary N) is 1. The largest absolute Gasteiger partial charge is 0.511 e. The number of hydrogen-bond donors (Lipinski definition) is 2. The molecule has 0 unspecified atom stereocenters. The molecular formula is C20H11ClF6N4O5S. The molecule has 37 heavy (non-hydrogen) atoms. The Labute approximate surface area is 207 Å². The molecule has 0 saturated heterocycles. The standard InChI is InChI=1S/C20H11ClF6N4O5S/c21-13-4-14-15(30-17(29-14)31-7-11(6-28-31)36-18(32)33)5-16(13)37(34,35)8-9-1-2-10(19(22,23)24)3-12(9)20(25,26)27/h1-7H,8H2,(H,29,30)(H,32,33). The summed E-state index contributed by atoms with van der Waals surface area (Å²) in [6.45, 7) is 0. The molecule has 0 radical (unpaired) electrons. The van der Waals surface area contributed by atoms with Crippen molar-refractivity contribution < 1.29 is 49.4 Å². The lowest BCUT2D eigenvalue weighted by Crippen LogP contribution is -2.16. The molecule has 196 valence electrons. The maximum Gasteiger partial charge on any atom is 0.511 e. The van der Waals surface area contributed by atoms with Gasteiger partial charge >= 0.3 is 18.5 Å². The zero-order valence-corrected chi connectivity index (χ0v) is 19.3. The molecule has 0 fully saturated rings. The van der Waals surface area contributed by atoms with Crippen LogP contribution < -0.4 is 4.74 Å². The number of H-pyrrole nitrogens is 1. The van der Waals surface area contributed by atoms with Gasteiger partial charge in [-0.25, -0.2) is 22.9 Å². The van der Waals surface area contributed by atoms with Crippen LogP contribution in [0.5, 0.6) is 5.75 Å². The lowest BCUT2D eigenvalue weighted by atomic mass is 10.0. The Morgan fingerprint density at radius 1 is 1.11 bits per heavy atom. The first kappa shape index (κ1) is 26.3. The third-order valence-corrected chi connectivity index (χ3v) is 7.05. The van der Waals surface area contributed by atoms with Gasteiger partial charge in [-0.1, -0.05) is 17.7 Å². The van der Waals surface area contributed by atoms with Crippen molar-refractivity contribution >= 4 is 38.6 Å². The highest BCUT2D eigenvalue weighted by molar-refractivity contribution is 7.90. The van der Waals surface area contributed by atoms with E-state index in [0.717, 1.165) is 29.2 Å². The van der Waals surface area contributed by atoms with E-state index < -0.39 is 60.7 Å². The second-order valence-electron chi connectivity index (χ2n) is 7.48. The molecule has 0 aliphatic heterocycles. The highest BCUT2D eigenvalue weighted by Gasteiger charge is 2.39. The minimum absolute atomic E-state index is 0.0112. The monoisotopic (exact) mass is 568 g/mol. The summed E-state index contributed by atoms with van der Waals surface area (Å²) in [7, 11) is -4.60. The van der Waals surface area contributed by atoms with Crippen LogP contribution in [-0.2, 0) is 27.9 Å². The molecule has 2 aromatic heterocycles. The lowest BCUT2D eigenvalue weighted by Gasteiger charge is -2.16. The number of rotatable bonds is 5. The smallest absolute Gasteiger partial charge is 0.449 e. The first-order valence-corrected chi connectivity index (χ1v) is 11.7. The highest BCUT2D eigenvalue weighted by Crippen LogP contribution is 2.39. The van der Waals surface area contributed by atoms with E-state index >= 15 is 0 Å². The predicted octanol–water partition coefficient (Wildman–Crippen LogP) is 5.47. The van der Waals surface area contributed by atoms with Crippen LogP contribution in [0, 0.1) is 0 Å². The number of nitrogens with zero attached hydrogens (tertiary/aromatic N) is 3. The summed E-state index contributed by atoms with van der Waals surface area (Å²) in [5.74, 6) is -1.45. The Kier molecular flexibility index (Phi) is 6.36. The van der Waals surface area contributed by atoms with Gasteiger partial charge in [0.1, 0.15) is 0 Å². The number of fused-ring (bicyclic) bond motifs is 1. The van der Waals surface area contributed by atoms with E-state index in [1.165, 1.54) is 0 Å². The summed E-state index contributed by atoms with van der Waals surface area (Å²) in [5, 5.41) is 12.1. The van der Waals surface area contributed by atoms with Crippen LogP contribution in [0.4, 0.5) is 31.1 Å². The van der Waals surface area contributed by atoms with E-state index in [9.17, 15) is 39.6 Å². The molecule has 0 bridgehead atoms. The number of aromatic nitrogens is 4. The second kappa shape index (κ2) is 8.95. The predicted molar refractivity (Wildman–Crippen MR) is 114 cm³/mol. The van der Waals surface area contributed by atoms with E-state index in [4.69, 9.17) is 16.7 Å². The fourth-order valence-corrected chi connectivity index (χ4v) is 5.33. The van der Waals surface area contributed by atoms with E-state index in [1.54, 1.807) is 0 Å². The Balaban J connectivity index is 1.72. The molecule has 2 aromatic carbocycles. The topological polar surface area (TPSA) is 127 Å². The normalized spacial score (nSPS) is 12.7.